The molecule has 0 aliphatic carbocycles. The van der Waals surface area contributed by atoms with Crippen molar-refractivity contribution in [1.29, 1.82) is 0 Å². The number of hydrogen-bond acceptors (Lipinski definition) is 4. The van der Waals surface area contributed by atoms with E-state index in [1.807, 2.05) is 50.2 Å². The molecule has 2 aromatic carbocycles. The maximum Gasteiger partial charge on any atom is 0.229 e. The van der Waals surface area contributed by atoms with E-state index in [-0.39, 0.29) is 11.8 Å². The lowest BCUT2D eigenvalue weighted by Gasteiger charge is -2.32. The Morgan fingerprint density at radius 3 is 2.69 bits per heavy atom. The fourth-order valence-electron chi connectivity index (χ4n) is 3.60. The molecule has 0 spiro atoms. The second kappa shape index (κ2) is 7.08. The first-order valence-electron chi connectivity index (χ1n) is 9.09. The van der Waals surface area contributed by atoms with Crippen molar-refractivity contribution < 1.29 is 4.79 Å². The molecular formula is C21H23N3OS. The number of aryl methyl sites for hydroxylation is 2. The molecule has 1 saturated heterocycles. The number of aromatic nitrogens is 1. The van der Waals surface area contributed by atoms with Crippen LogP contribution in [0.2, 0.25) is 0 Å². The molecular weight excluding hydrogens is 342 g/mol. The fraction of sp³-hybridized carbons (Fsp3) is 0.333. The van der Waals surface area contributed by atoms with Crippen LogP contribution in [0.25, 0.3) is 10.2 Å². The van der Waals surface area contributed by atoms with Gasteiger partial charge in [-0.1, -0.05) is 41.7 Å². The highest BCUT2D eigenvalue weighted by atomic mass is 32.1. The molecule has 134 valence electrons. The van der Waals surface area contributed by atoms with Crippen LogP contribution in [0.1, 0.15) is 24.0 Å². The van der Waals surface area contributed by atoms with Gasteiger partial charge in [-0.25, -0.2) is 4.98 Å². The Labute approximate surface area is 157 Å². The first-order chi connectivity index (χ1) is 12.6. The van der Waals surface area contributed by atoms with Gasteiger partial charge in [0.05, 0.1) is 16.1 Å². The number of nitrogens with zero attached hydrogens (tertiary/aromatic N) is 2. The lowest BCUT2D eigenvalue weighted by atomic mass is 9.97. The van der Waals surface area contributed by atoms with Gasteiger partial charge in [-0.05, 0) is 49.9 Å². The van der Waals surface area contributed by atoms with E-state index in [9.17, 15) is 4.79 Å². The van der Waals surface area contributed by atoms with Gasteiger partial charge in [0.2, 0.25) is 5.91 Å². The van der Waals surface area contributed by atoms with Crippen molar-refractivity contribution in [2.45, 2.75) is 26.7 Å². The average molecular weight is 366 g/mol. The Morgan fingerprint density at radius 1 is 1.15 bits per heavy atom. The molecule has 2 heterocycles. The highest BCUT2D eigenvalue weighted by Crippen LogP contribution is 2.32. The predicted molar refractivity (Wildman–Crippen MR) is 109 cm³/mol. The van der Waals surface area contributed by atoms with Gasteiger partial charge in [0.25, 0.3) is 0 Å². The van der Waals surface area contributed by atoms with Gasteiger partial charge in [-0.15, -0.1) is 0 Å². The lowest BCUT2D eigenvalue weighted by molar-refractivity contribution is -0.120. The smallest absolute Gasteiger partial charge is 0.229 e. The third kappa shape index (κ3) is 3.31. The summed E-state index contributed by atoms with van der Waals surface area (Å²) >= 11 is 1.71. The van der Waals surface area contributed by atoms with Gasteiger partial charge >= 0.3 is 0 Å². The Balaban J connectivity index is 1.50. The van der Waals surface area contributed by atoms with E-state index in [0.717, 1.165) is 53.4 Å². The summed E-state index contributed by atoms with van der Waals surface area (Å²) in [5.41, 5.74) is 4.21. The van der Waals surface area contributed by atoms with Crippen molar-refractivity contribution in [2.75, 3.05) is 23.3 Å². The topological polar surface area (TPSA) is 45.2 Å². The van der Waals surface area contributed by atoms with Gasteiger partial charge in [0.15, 0.2) is 5.13 Å². The van der Waals surface area contributed by atoms with Crippen LogP contribution in [-0.4, -0.2) is 24.0 Å². The molecule has 1 unspecified atom stereocenters. The zero-order valence-corrected chi connectivity index (χ0v) is 16.0. The minimum Gasteiger partial charge on any atom is -0.347 e. The molecule has 0 bridgehead atoms. The Morgan fingerprint density at radius 2 is 1.92 bits per heavy atom. The van der Waals surface area contributed by atoms with E-state index >= 15 is 0 Å². The molecule has 4 rings (SSSR count). The molecule has 1 amide bonds. The molecule has 1 N–H and O–H groups in total. The maximum atomic E-state index is 12.9. The SMILES string of the molecule is Cc1cccc(C)c1NC(=O)C1CCCN(c2nc3ccccc3s2)C1. The fourth-order valence-corrected chi connectivity index (χ4v) is 4.60. The highest BCUT2D eigenvalue weighted by molar-refractivity contribution is 7.22. The number of fused-ring (bicyclic) bond motifs is 1. The summed E-state index contributed by atoms with van der Waals surface area (Å²) in [5, 5.41) is 4.19. The van der Waals surface area contributed by atoms with Gasteiger partial charge in [0.1, 0.15) is 0 Å². The number of hydrogen-bond donors (Lipinski definition) is 1. The van der Waals surface area contributed by atoms with Crippen LogP contribution >= 0.6 is 11.3 Å². The van der Waals surface area contributed by atoms with E-state index in [1.54, 1.807) is 11.3 Å². The van der Waals surface area contributed by atoms with Gasteiger partial charge in [0, 0.05) is 18.8 Å². The second-order valence-corrected chi connectivity index (χ2v) is 8.01. The standard InChI is InChI=1S/C21H23N3OS/c1-14-7-5-8-15(2)19(14)23-20(25)16-9-6-12-24(13-16)21-22-17-10-3-4-11-18(17)26-21/h3-5,7-8,10-11,16H,6,9,12-13H2,1-2H3,(H,23,25). The van der Waals surface area contributed by atoms with E-state index in [0.29, 0.717) is 0 Å². The normalized spacial score (nSPS) is 17.5. The number of nitrogens with one attached hydrogen (secondary N) is 1. The summed E-state index contributed by atoms with van der Waals surface area (Å²) in [7, 11) is 0. The first kappa shape index (κ1) is 17.0. The number of piperidine rings is 1. The van der Waals surface area contributed by atoms with Crippen LogP contribution in [0, 0.1) is 19.8 Å². The monoisotopic (exact) mass is 365 g/mol. The summed E-state index contributed by atoms with van der Waals surface area (Å²) in [6.07, 6.45) is 1.94. The van der Waals surface area contributed by atoms with Crippen LogP contribution in [0.4, 0.5) is 10.8 Å². The van der Waals surface area contributed by atoms with Crippen molar-refractivity contribution >= 4 is 38.3 Å². The molecule has 26 heavy (non-hydrogen) atoms. The maximum absolute atomic E-state index is 12.9. The first-order valence-corrected chi connectivity index (χ1v) is 9.91. The molecule has 1 aromatic heterocycles. The van der Waals surface area contributed by atoms with Gasteiger partial charge in [-0.2, -0.15) is 0 Å². The summed E-state index contributed by atoms with van der Waals surface area (Å²) < 4.78 is 1.20. The minimum atomic E-state index is -0.00484. The number of carbonyl (C=O) groups excluding carboxylic acids is 1. The van der Waals surface area contributed by atoms with Crippen LogP contribution in [-0.2, 0) is 4.79 Å². The minimum absolute atomic E-state index is 0.00484. The molecule has 0 saturated carbocycles. The van der Waals surface area contributed by atoms with Crippen LogP contribution < -0.4 is 10.2 Å². The van der Waals surface area contributed by atoms with Crippen molar-refractivity contribution in [3.05, 3.63) is 53.6 Å². The molecule has 1 aliphatic heterocycles. The summed E-state index contributed by atoms with van der Waals surface area (Å²) in [5.74, 6) is 0.114. The van der Waals surface area contributed by atoms with E-state index < -0.39 is 0 Å². The third-order valence-electron chi connectivity index (χ3n) is 5.07. The summed E-state index contributed by atoms with van der Waals surface area (Å²) in [6, 6.07) is 14.3. The molecule has 1 fully saturated rings. The lowest BCUT2D eigenvalue weighted by Crippen LogP contribution is -2.40. The Hall–Kier alpha value is -2.40. The van der Waals surface area contributed by atoms with Crippen LogP contribution in [0.3, 0.4) is 0 Å². The highest BCUT2D eigenvalue weighted by Gasteiger charge is 2.28. The summed E-state index contributed by atoms with van der Waals surface area (Å²) in [6.45, 7) is 5.78. The van der Waals surface area contributed by atoms with Gasteiger partial charge in [-0.3, -0.25) is 4.79 Å². The summed E-state index contributed by atoms with van der Waals surface area (Å²) in [4.78, 5) is 19.9. The zero-order valence-electron chi connectivity index (χ0n) is 15.2. The Bertz CT molecular complexity index is 896. The number of carbonyl (C=O) groups is 1. The molecule has 0 radical (unpaired) electrons. The molecule has 5 heteroatoms. The van der Waals surface area contributed by atoms with E-state index in [2.05, 4.69) is 16.3 Å². The largest absolute Gasteiger partial charge is 0.347 e. The third-order valence-corrected chi connectivity index (χ3v) is 6.17. The van der Waals surface area contributed by atoms with Crippen molar-refractivity contribution in [2.24, 2.45) is 5.92 Å². The molecule has 1 atom stereocenters. The van der Waals surface area contributed by atoms with E-state index in [1.165, 1.54) is 4.70 Å². The predicted octanol–water partition coefficient (Wildman–Crippen LogP) is 4.77. The van der Waals surface area contributed by atoms with Gasteiger partial charge < -0.3 is 10.2 Å². The number of anilines is 2. The van der Waals surface area contributed by atoms with Crippen LogP contribution in [0.15, 0.2) is 42.5 Å². The number of amides is 1. The van der Waals surface area contributed by atoms with E-state index in [4.69, 9.17) is 4.98 Å². The molecule has 3 aromatic rings. The number of rotatable bonds is 3. The number of thiazole rings is 1. The average Bonchev–Trinajstić information content (AvgIpc) is 3.09. The molecule has 1 aliphatic rings. The second-order valence-electron chi connectivity index (χ2n) is 7.01. The zero-order chi connectivity index (χ0) is 18.1. The van der Waals surface area contributed by atoms with Crippen molar-refractivity contribution in [3.8, 4) is 0 Å². The van der Waals surface area contributed by atoms with Crippen LogP contribution in [0.5, 0.6) is 0 Å². The Kier molecular flexibility index (Phi) is 4.64. The van der Waals surface area contributed by atoms with Crippen molar-refractivity contribution in [1.82, 2.24) is 4.98 Å². The number of para-hydroxylation sites is 2. The van der Waals surface area contributed by atoms with Crippen molar-refractivity contribution in [3.63, 3.8) is 0 Å². The molecule has 4 nitrogen and oxygen atoms in total. The quantitative estimate of drug-likeness (QED) is 0.727. The number of benzene rings is 2.